The lowest BCUT2D eigenvalue weighted by molar-refractivity contribution is 0.768. The SMILES string of the molecule is C=Cc1cccc(C2(c3cccc(C=C)c3)c3ccccc3-c3cc(N(c4ccc(-c5ccccc5)cc4)c4ccc5sc6ccc(-c7ccccc7)cc6c5c4)ccc32)c1. The Bertz CT molecular complexity index is 3230. The quantitative estimate of drug-likeness (QED) is 0.141. The molecule has 11 rings (SSSR count). The van der Waals surface area contributed by atoms with Gasteiger partial charge in [0.1, 0.15) is 0 Å². The number of anilines is 3. The highest BCUT2D eigenvalue weighted by Gasteiger charge is 2.46. The van der Waals surface area contributed by atoms with Gasteiger partial charge in [0.15, 0.2) is 0 Å². The van der Waals surface area contributed by atoms with Crippen LogP contribution in [0.2, 0.25) is 0 Å². The molecule has 288 valence electrons. The number of hydrogen-bond donors (Lipinski definition) is 0. The molecule has 0 bridgehead atoms. The molecule has 1 nitrogen and oxygen atoms in total. The Morgan fingerprint density at radius 2 is 0.885 bits per heavy atom. The lowest BCUT2D eigenvalue weighted by Gasteiger charge is -2.34. The number of nitrogens with zero attached hydrogens (tertiary/aromatic N) is 1. The van der Waals surface area contributed by atoms with Gasteiger partial charge in [-0.2, -0.15) is 0 Å². The van der Waals surface area contributed by atoms with E-state index in [1.165, 1.54) is 75.8 Å². The Morgan fingerprint density at radius 3 is 1.56 bits per heavy atom. The summed E-state index contributed by atoms with van der Waals surface area (Å²) in [7, 11) is 0. The van der Waals surface area contributed by atoms with E-state index in [0.717, 1.165) is 28.2 Å². The lowest BCUT2D eigenvalue weighted by atomic mass is 9.67. The molecule has 0 radical (unpaired) electrons. The van der Waals surface area contributed by atoms with Crippen molar-refractivity contribution in [2.75, 3.05) is 4.90 Å². The smallest absolute Gasteiger partial charge is 0.0714 e. The van der Waals surface area contributed by atoms with Crippen molar-refractivity contribution in [2.45, 2.75) is 5.41 Å². The first kappa shape index (κ1) is 36.6. The van der Waals surface area contributed by atoms with Crippen LogP contribution >= 0.6 is 11.3 Å². The molecule has 1 aliphatic rings. The first-order chi connectivity index (χ1) is 30.1. The van der Waals surface area contributed by atoms with Gasteiger partial charge in [-0.15, -0.1) is 11.3 Å². The Morgan fingerprint density at radius 1 is 0.377 bits per heavy atom. The van der Waals surface area contributed by atoms with Gasteiger partial charge in [-0.25, -0.2) is 0 Å². The second kappa shape index (κ2) is 14.9. The first-order valence-corrected chi connectivity index (χ1v) is 21.6. The highest BCUT2D eigenvalue weighted by atomic mass is 32.1. The van der Waals surface area contributed by atoms with Gasteiger partial charge in [0.05, 0.1) is 5.41 Å². The van der Waals surface area contributed by atoms with E-state index in [-0.39, 0.29) is 0 Å². The van der Waals surface area contributed by atoms with Gasteiger partial charge in [-0.3, -0.25) is 0 Å². The molecule has 0 unspecified atom stereocenters. The summed E-state index contributed by atoms with van der Waals surface area (Å²) in [6.07, 6.45) is 3.89. The number of fused-ring (bicyclic) bond motifs is 6. The van der Waals surface area contributed by atoms with Gasteiger partial charge in [-0.05, 0) is 121 Å². The summed E-state index contributed by atoms with van der Waals surface area (Å²) in [5, 5.41) is 2.54. The van der Waals surface area contributed by atoms with E-state index in [1.54, 1.807) is 0 Å². The van der Waals surface area contributed by atoms with Crippen LogP contribution in [0.4, 0.5) is 17.1 Å². The zero-order chi connectivity index (χ0) is 40.9. The standard InChI is InChI=1S/C59H41NS/c1-3-40-15-13-21-46(35-40)59(47-22-14-16-41(4-2)36-47)55-24-12-11-23-51(55)52-38-49(30-32-56(52)59)60(48-28-25-44(26-29-48)42-17-7-5-8-18-42)50-31-34-58-54(39-50)53-37-45(27-33-57(53)61-58)43-19-9-6-10-20-43/h3-39H,1-2H2. The van der Waals surface area contributed by atoms with E-state index in [9.17, 15) is 0 Å². The van der Waals surface area contributed by atoms with E-state index in [0.29, 0.717) is 0 Å². The van der Waals surface area contributed by atoms with Gasteiger partial charge in [0.2, 0.25) is 0 Å². The second-order valence-corrected chi connectivity index (χ2v) is 16.9. The summed E-state index contributed by atoms with van der Waals surface area (Å²) in [4.78, 5) is 2.43. The van der Waals surface area contributed by atoms with Crippen molar-refractivity contribution in [3.05, 3.63) is 259 Å². The highest BCUT2D eigenvalue weighted by molar-refractivity contribution is 7.25. The molecule has 0 spiro atoms. The topological polar surface area (TPSA) is 3.24 Å². The van der Waals surface area contributed by atoms with Crippen LogP contribution in [-0.4, -0.2) is 0 Å². The molecular formula is C59H41NS. The van der Waals surface area contributed by atoms with Crippen LogP contribution in [0.1, 0.15) is 33.4 Å². The number of rotatable bonds is 9. The van der Waals surface area contributed by atoms with E-state index in [4.69, 9.17) is 0 Å². The summed E-state index contributed by atoms with van der Waals surface area (Å²) in [6, 6.07) is 78.0. The van der Waals surface area contributed by atoms with Crippen molar-refractivity contribution in [1.82, 2.24) is 0 Å². The highest BCUT2D eigenvalue weighted by Crippen LogP contribution is 2.57. The van der Waals surface area contributed by atoms with E-state index >= 15 is 0 Å². The summed E-state index contributed by atoms with van der Waals surface area (Å²) in [6.45, 7) is 8.31. The maximum atomic E-state index is 4.15. The third-order valence-electron chi connectivity index (χ3n) is 12.4. The fraction of sp³-hybridized carbons (Fsp3) is 0.0169. The monoisotopic (exact) mass is 795 g/mol. The Balaban J connectivity index is 1.14. The third kappa shape index (κ3) is 6.07. The van der Waals surface area contributed by atoms with Crippen LogP contribution in [0.3, 0.4) is 0 Å². The summed E-state index contributed by atoms with van der Waals surface area (Å²) in [5.74, 6) is 0. The molecule has 1 aromatic heterocycles. The van der Waals surface area contributed by atoms with Crippen molar-refractivity contribution in [1.29, 1.82) is 0 Å². The molecule has 61 heavy (non-hydrogen) atoms. The van der Waals surface area contributed by atoms with Crippen LogP contribution in [-0.2, 0) is 5.41 Å². The normalized spacial score (nSPS) is 12.5. The molecule has 0 amide bonds. The van der Waals surface area contributed by atoms with Crippen LogP contribution < -0.4 is 4.90 Å². The van der Waals surface area contributed by atoms with E-state index < -0.39 is 5.41 Å². The number of thiophene rings is 1. The largest absolute Gasteiger partial charge is 0.310 e. The van der Waals surface area contributed by atoms with Crippen molar-refractivity contribution >= 4 is 60.7 Å². The third-order valence-corrected chi connectivity index (χ3v) is 13.6. The van der Waals surface area contributed by atoms with Crippen molar-refractivity contribution in [3.63, 3.8) is 0 Å². The number of benzene rings is 9. The molecule has 0 saturated heterocycles. The van der Waals surface area contributed by atoms with E-state index in [1.807, 2.05) is 23.5 Å². The summed E-state index contributed by atoms with van der Waals surface area (Å²) < 4.78 is 2.57. The van der Waals surface area contributed by atoms with Crippen molar-refractivity contribution in [3.8, 4) is 33.4 Å². The van der Waals surface area contributed by atoms with Crippen LogP contribution in [0.5, 0.6) is 0 Å². The van der Waals surface area contributed by atoms with Gasteiger partial charge in [0.25, 0.3) is 0 Å². The van der Waals surface area contributed by atoms with Crippen molar-refractivity contribution < 1.29 is 0 Å². The fourth-order valence-corrected chi connectivity index (χ4v) is 10.7. The Labute approximate surface area is 361 Å². The van der Waals surface area contributed by atoms with E-state index in [2.05, 4.69) is 230 Å². The van der Waals surface area contributed by atoms with Crippen LogP contribution in [0, 0.1) is 0 Å². The average Bonchev–Trinajstić information content (AvgIpc) is 3.85. The molecule has 2 heteroatoms. The van der Waals surface area contributed by atoms with Gasteiger partial charge < -0.3 is 4.90 Å². The first-order valence-electron chi connectivity index (χ1n) is 20.8. The fourth-order valence-electron chi connectivity index (χ4n) is 9.59. The molecule has 9 aromatic carbocycles. The minimum absolute atomic E-state index is 0.560. The van der Waals surface area contributed by atoms with Gasteiger partial charge >= 0.3 is 0 Å². The zero-order valence-corrected chi connectivity index (χ0v) is 34.4. The Hall–Kier alpha value is -7.52. The van der Waals surface area contributed by atoms with Crippen LogP contribution in [0.15, 0.2) is 225 Å². The van der Waals surface area contributed by atoms with Gasteiger partial charge in [-0.1, -0.05) is 183 Å². The predicted octanol–water partition coefficient (Wildman–Crippen LogP) is 16.5. The average molecular weight is 796 g/mol. The summed E-state index contributed by atoms with van der Waals surface area (Å²) in [5.41, 5.74) is 17.2. The minimum Gasteiger partial charge on any atom is -0.310 e. The lowest BCUT2D eigenvalue weighted by Crippen LogP contribution is -2.28. The summed E-state index contributed by atoms with van der Waals surface area (Å²) >= 11 is 1.86. The molecule has 0 fully saturated rings. The molecule has 1 heterocycles. The maximum Gasteiger partial charge on any atom is 0.0714 e. The van der Waals surface area contributed by atoms with Crippen molar-refractivity contribution in [2.24, 2.45) is 0 Å². The molecule has 10 aromatic rings. The molecular weight excluding hydrogens is 755 g/mol. The minimum atomic E-state index is -0.560. The molecule has 0 saturated carbocycles. The zero-order valence-electron chi connectivity index (χ0n) is 33.6. The second-order valence-electron chi connectivity index (χ2n) is 15.8. The predicted molar refractivity (Wildman–Crippen MR) is 262 cm³/mol. The molecule has 0 N–H and O–H groups in total. The maximum absolute atomic E-state index is 4.15. The molecule has 0 aliphatic heterocycles. The molecule has 1 aliphatic carbocycles. The van der Waals surface area contributed by atoms with Crippen LogP contribution in [0.25, 0.3) is 65.7 Å². The number of hydrogen-bond acceptors (Lipinski definition) is 2. The Kier molecular flexibility index (Phi) is 8.95. The van der Waals surface area contributed by atoms with Gasteiger partial charge in [0, 0.05) is 37.2 Å². The molecule has 0 atom stereocenters.